The SMILES string of the molecule is O=C(CC1CC1)C(F)(F)C(F)F. The first kappa shape index (κ1) is 9.48. The van der Waals surface area contributed by atoms with Gasteiger partial charge >= 0.3 is 12.3 Å². The third-order valence-corrected chi connectivity index (χ3v) is 1.82. The first-order chi connectivity index (χ1) is 5.44. The Hall–Kier alpha value is -0.610. The second kappa shape index (κ2) is 3.03. The minimum atomic E-state index is -4.44. The Morgan fingerprint density at radius 3 is 2.25 bits per heavy atom. The van der Waals surface area contributed by atoms with E-state index in [4.69, 9.17) is 0 Å². The lowest BCUT2D eigenvalue weighted by atomic mass is 10.1. The maximum Gasteiger partial charge on any atom is 0.364 e. The maximum atomic E-state index is 12.2. The van der Waals surface area contributed by atoms with Crippen molar-refractivity contribution in [2.45, 2.75) is 31.6 Å². The van der Waals surface area contributed by atoms with Crippen LogP contribution in [0.15, 0.2) is 0 Å². The summed E-state index contributed by atoms with van der Waals surface area (Å²) in [5.74, 6) is -6.15. The number of halogens is 4. The van der Waals surface area contributed by atoms with Crippen LogP contribution in [0.1, 0.15) is 19.3 Å². The molecule has 0 bridgehead atoms. The summed E-state index contributed by atoms with van der Waals surface area (Å²) in [5.41, 5.74) is 0. The van der Waals surface area contributed by atoms with Crippen molar-refractivity contribution in [3.8, 4) is 0 Å². The zero-order valence-corrected chi connectivity index (χ0v) is 6.20. The Kier molecular flexibility index (Phi) is 2.39. The van der Waals surface area contributed by atoms with Gasteiger partial charge in [-0.3, -0.25) is 4.79 Å². The van der Waals surface area contributed by atoms with Gasteiger partial charge in [-0.25, -0.2) is 8.78 Å². The van der Waals surface area contributed by atoms with Crippen LogP contribution in [0.5, 0.6) is 0 Å². The highest BCUT2D eigenvalue weighted by Crippen LogP contribution is 2.36. The molecule has 0 aromatic heterocycles. The van der Waals surface area contributed by atoms with Crippen LogP contribution in [0.3, 0.4) is 0 Å². The molecular formula is C7H8F4O. The van der Waals surface area contributed by atoms with E-state index in [9.17, 15) is 22.4 Å². The molecule has 0 aromatic carbocycles. The van der Waals surface area contributed by atoms with E-state index < -0.39 is 24.6 Å². The van der Waals surface area contributed by atoms with Gasteiger partial charge in [0.15, 0.2) is 0 Å². The lowest BCUT2D eigenvalue weighted by molar-refractivity contribution is -0.167. The Morgan fingerprint density at radius 2 is 1.92 bits per heavy atom. The minimum Gasteiger partial charge on any atom is -0.293 e. The molecule has 0 spiro atoms. The molecule has 0 unspecified atom stereocenters. The monoisotopic (exact) mass is 184 g/mol. The molecule has 0 atom stereocenters. The highest BCUT2D eigenvalue weighted by atomic mass is 19.3. The zero-order chi connectivity index (χ0) is 9.35. The standard InChI is InChI=1S/C7H8F4O/c8-6(9)7(10,11)5(12)3-4-1-2-4/h4,6H,1-3H2. The molecule has 5 heteroatoms. The number of hydrogen-bond acceptors (Lipinski definition) is 1. The van der Waals surface area contributed by atoms with Crippen LogP contribution in [-0.2, 0) is 4.79 Å². The van der Waals surface area contributed by atoms with Gasteiger partial charge in [-0.15, -0.1) is 0 Å². The molecule has 12 heavy (non-hydrogen) atoms. The van der Waals surface area contributed by atoms with E-state index in [0.29, 0.717) is 12.8 Å². The summed E-state index contributed by atoms with van der Waals surface area (Å²) in [6, 6.07) is 0. The summed E-state index contributed by atoms with van der Waals surface area (Å²) in [6.45, 7) is 0. The number of Topliss-reactive ketones (excluding diaryl/α,β-unsaturated/α-hetero) is 1. The summed E-state index contributed by atoms with van der Waals surface area (Å²) in [5, 5.41) is 0. The van der Waals surface area contributed by atoms with E-state index in [1.807, 2.05) is 0 Å². The van der Waals surface area contributed by atoms with Crippen LogP contribution in [0.4, 0.5) is 17.6 Å². The van der Waals surface area contributed by atoms with Crippen molar-refractivity contribution in [2.75, 3.05) is 0 Å². The Morgan fingerprint density at radius 1 is 1.42 bits per heavy atom. The lowest BCUT2D eigenvalue weighted by Crippen LogP contribution is -2.36. The van der Waals surface area contributed by atoms with Crippen molar-refractivity contribution in [3.05, 3.63) is 0 Å². The van der Waals surface area contributed by atoms with E-state index in [0.717, 1.165) is 0 Å². The first-order valence-corrected chi connectivity index (χ1v) is 3.64. The average molecular weight is 184 g/mol. The summed E-state index contributed by atoms with van der Waals surface area (Å²) in [7, 11) is 0. The topological polar surface area (TPSA) is 17.1 Å². The summed E-state index contributed by atoms with van der Waals surface area (Å²) in [6.07, 6.45) is -2.88. The van der Waals surface area contributed by atoms with Crippen LogP contribution >= 0.6 is 0 Å². The van der Waals surface area contributed by atoms with Crippen molar-refractivity contribution >= 4 is 5.78 Å². The molecule has 1 fully saturated rings. The number of carbonyl (C=O) groups is 1. The molecule has 0 saturated heterocycles. The summed E-state index contributed by atoms with van der Waals surface area (Å²) < 4.78 is 47.6. The molecule has 0 N–H and O–H groups in total. The molecule has 1 saturated carbocycles. The van der Waals surface area contributed by atoms with Gasteiger partial charge in [0.2, 0.25) is 5.78 Å². The van der Waals surface area contributed by atoms with Crippen molar-refractivity contribution in [1.29, 1.82) is 0 Å². The Bertz CT molecular complexity index is 186. The highest BCUT2D eigenvalue weighted by molar-refractivity contribution is 5.86. The Labute approximate surface area is 66.7 Å². The third kappa shape index (κ3) is 1.95. The first-order valence-electron chi connectivity index (χ1n) is 3.64. The molecule has 0 amide bonds. The van der Waals surface area contributed by atoms with Crippen molar-refractivity contribution < 1.29 is 22.4 Å². The average Bonchev–Trinajstić information content (AvgIpc) is 2.71. The van der Waals surface area contributed by atoms with Gasteiger partial charge in [0.1, 0.15) is 0 Å². The van der Waals surface area contributed by atoms with Gasteiger partial charge < -0.3 is 0 Å². The summed E-state index contributed by atoms with van der Waals surface area (Å²) >= 11 is 0. The van der Waals surface area contributed by atoms with Gasteiger partial charge in [0.05, 0.1) is 0 Å². The minimum absolute atomic E-state index is 0.0814. The molecular weight excluding hydrogens is 176 g/mol. The molecule has 0 aliphatic heterocycles. The maximum absolute atomic E-state index is 12.2. The molecule has 0 radical (unpaired) electrons. The normalized spacial score (nSPS) is 18.4. The molecule has 0 aromatic rings. The van der Waals surface area contributed by atoms with Crippen LogP contribution in [0.25, 0.3) is 0 Å². The third-order valence-electron chi connectivity index (χ3n) is 1.82. The number of rotatable bonds is 4. The number of carbonyl (C=O) groups excluding carboxylic acids is 1. The zero-order valence-electron chi connectivity index (χ0n) is 6.20. The van der Waals surface area contributed by atoms with Crippen LogP contribution in [0, 0.1) is 5.92 Å². The van der Waals surface area contributed by atoms with Crippen molar-refractivity contribution in [1.82, 2.24) is 0 Å². The molecule has 0 heterocycles. The van der Waals surface area contributed by atoms with E-state index in [1.165, 1.54) is 0 Å². The van der Waals surface area contributed by atoms with Gasteiger partial charge in [0, 0.05) is 6.42 Å². The van der Waals surface area contributed by atoms with E-state index >= 15 is 0 Å². The van der Waals surface area contributed by atoms with E-state index in [1.54, 1.807) is 0 Å². The fraction of sp³-hybridized carbons (Fsp3) is 0.857. The number of ketones is 1. The second-order valence-corrected chi connectivity index (χ2v) is 2.99. The number of hydrogen-bond donors (Lipinski definition) is 0. The van der Waals surface area contributed by atoms with Crippen molar-refractivity contribution in [2.24, 2.45) is 5.92 Å². The van der Waals surface area contributed by atoms with Crippen LogP contribution in [0.2, 0.25) is 0 Å². The molecule has 1 nitrogen and oxygen atoms in total. The van der Waals surface area contributed by atoms with Gasteiger partial charge in [-0.1, -0.05) is 0 Å². The fourth-order valence-corrected chi connectivity index (χ4v) is 0.842. The molecule has 1 aliphatic carbocycles. The van der Waals surface area contributed by atoms with Crippen LogP contribution < -0.4 is 0 Å². The smallest absolute Gasteiger partial charge is 0.293 e. The molecule has 1 rings (SSSR count). The van der Waals surface area contributed by atoms with E-state index in [-0.39, 0.29) is 5.92 Å². The van der Waals surface area contributed by atoms with Gasteiger partial charge in [0.25, 0.3) is 0 Å². The Balaban J connectivity index is 2.47. The quantitative estimate of drug-likeness (QED) is 0.612. The predicted octanol–water partition coefficient (Wildman–Crippen LogP) is 2.26. The van der Waals surface area contributed by atoms with Crippen molar-refractivity contribution in [3.63, 3.8) is 0 Å². The van der Waals surface area contributed by atoms with Gasteiger partial charge in [-0.2, -0.15) is 8.78 Å². The molecule has 70 valence electrons. The lowest BCUT2D eigenvalue weighted by Gasteiger charge is -2.12. The van der Waals surface area contributed by atoms with E-state index in [2.05, 4.69) is 0 Å². The highest BCUT2D eigenvalue weighted by Gasteiger charge is 2.49. The predicted molar refractivity (Wildman–Crippen MR) is 33.3 cm³/mol. The largest absolute Gasteiger partial charge is 0.364 e. The summed E-state index contributed by atoms with van der Waals surface area (Å²) in [4.78, 5) is 10.5. The second-order valence-electron chi connectivity index (χ2n) is 2.99. The fourth-order valence-electron chi connectivity index (χ4n) is 0.842. The van der Waals surface area contributed by atoms with Crippen LogP contribution in [-0.4, -0.2) is 18.1 Å². The molecule has 1 aliphatic rings. The number of alkyl halides is 4. The van der Waals surface area contributed by atoms with Gasteiger partial charge in [-0.05, 0) is 18.8 Å².